The van der Waals surface area contributed by atoms with Crippen molar-refractivity contribution in [2.24, 2.45) is 0 Å². The third-order valence-electron chi connectivity index (χ3n) is 3.28. The highest BCUT2D eigenvalue weighted by atomic mass is 16.6. The Morgan fingerprint density at radius 1 is 1.33 bits per heavy atom. The van der Waals surface area contributed by atoms with Crippen molar-refractivity contribution in [3.8, 4) is 0 Å². The molecule has 1 saturated heterocycles. The van der Waals surface area contributed by atoms with Gasteiger partial charge >= 0.3 is 5.97 Å². The molecule has 3 nitrogen and oxygen atoms in total. The molecule has 2 rings (SSSR count). The molecule has 0 aromatic heterocycles. The van der Waals surface area contributed by atoms with Crippen molar-refractivity contribution in [3.63, 3.8) is 0 Å². The molecule has 18 heavy (non-hydrogen) atoms. The number of carbonyl (C=O) groups is 1. The van der Waals surface area contributed by atoms with E-state index in [2.05, 4.69) is 24.3 Å². The zero-order chi connectivity index (χ0) is 12.8. The molecule has 3 heteroatoms. The summed E-state index contributed by atoms with van der Waals surface area (Å²) in [4.78, 5) is 11.6. The van der Waals surface area contributed by atoms with Crippen molar-refractivity contribution in [1.29, 1.82) is 0 Å². The third-order valence-corrected chi connectivity index (χ3v) is 3.28. The first kappa shape index (κ1) is 13.1. The second-order valence-electron chi connectivity index (χ2n) is 4.70. The van der Waals surface area contributed by atoms with E-state index in [1.807, 2.05) is 13.0 Å². The standard InChI is InChI=1S/C15H20O3/c1-2-17-14(16)15(12-18-15)11-7-6-10-13-8-4-3-5-9-13/h3-5,8-9H,2,6-7,10-12H2,1H3. The molecule has 1 aliphatic rings. The van der Waals surface area contributed by atoms with Gasteiger partial charge in [0.15, 0.2) is 5.60 Å². The first-order valence-electron chi connectivity index (χ1n) is 6.62. The van der Waals surface area contributed by atoms with E-state index in [1.165, 1.54) is 5.56 Å². The zero-order valence-corrected chi connectivity index (χ0v) is 10.9. The Labute approximate surface area is 108 Å². The maximum atomic E-state index is 11.6. The maximum absolute atomic E-state index is 11.6. The molecule has 0 aliphatic carbocycles. The Kier molecular flexibility index (Phi) is 4.37. The minimum atomic E-state index is -0.604. The number of esters is 1. The van der Waals surface area contributed by atoms with Crippen LogP contribution in [0.25, 0.3) is 0 Å². The first-order chi connectivity index (χ1) is 8.77. The van der Waals surface area contributed by atoms with Crippen molar-refractivity contribution < 1.29 is 14.3 Å². The fraction of sp³-hybridized carbons (Fsp3) is 0.533. The fourth-order valence-corrected chi connectivity index (χ4v) is 2.10. The predicted octanol–water partition coefficient (Wildman–Crippen LogP) is 2.73. The van der Waals surface area contributed by atoms with Gasteiger partial charge < -0.3 is 9.47 Å². The van der Waals surface area contributed by atoms with Crippen LogP contribution < -0.4 is 0 Å². The summed E-state index contributed by atoms with van der Waals surface area (Å²) in [5.74, 6) is -0.190. The van der Waals surface area contributed by atoms with E-state index >= 15 is 0 Å². The smallest absolute Gasteiger partial charge is 0.340 e. The topological polar surface area (TPSA) is 38.8 Å². The molecular weight excluding hydrogens is 228 g/mol. The highest BCUT2D eigenvalue weighted by molar-refractivity contribution is 5.82. The van der Waals surface area contributed by atoms with Gasteiger partial charge in [0.1, 0.15) is 0 Å². The van der Waals surface area contributed by atoms with E-state index in [9.17, 15) is 4.79 Å². The predicted molar refractivity (Wildman–Crippen MR) is 69.3 cm³/mol. The Morgan fingerprint density at radius 3 is 2.67 bits per heavy atom. The highest BCUT2D eigenvalue weighted by Crippen LogP contribution is 2.34. The van der Waals surface area contributed by atoms with Gasteiger partial charge in [-0.05, 0) is 38.2 Å². The van der Waals surface area contributed by atoms with Crippen molar-refractivity contribution in [3.05, 3.63) is 35.9 Å². The quantitative estimate of drug-likeness (QED) is 0.423. The van der Waals surface area contributed by atoms with Gasteiger partial charge in [-0.2, -0.15) is 0 Å². The van der Waals surface area contributed by atoms with Crippen molar-refractivity contribution in [1.82, 2.24) is 0 Å². The van der Waals surface area contributed by atoms with Crippen LogP contribution in [0.1, 0.15) is 31.7 Å². The lowest BCUT2D eigenvalue weighted by atomic mass is 10.0. The van der Waals surface area contributed by atoms with Crippen LogP contribution in [0.4, 0.5) is 0 Å². The second-order valence-corrected chi connectivity index (χ2v) is 4.70. The molecule has 0 spiro atoms. The summed E-state index contributed by atoms with van der Waals surface area (Å²) in [6.07, 6.45) is 3.90. The van der Waals surface area contributed by atoms with Gasteiger partial charge in [0, 0.05) is 0 Å². The Bertz CT molecular complexity index is 382. The summed E-state index contributed by atoms with van der Waals surface area (Å²) in [6.45, 7) is 2.77. The summed E-state index contributed by atoms with van der Waals surface area (Å²) < 4.78 is 10.3. The average Bonchev–Trinajstić information content (AvgIpc) is 3.18. The Morgan fingerprint density at radius 2 is 2.06 bits per heavy atom. The molecule has 1 atom stereocenters. The van der Waals surface area contributed by atoms with Crippen LogP contribution in [-0.4, -0.2) is 24.8 Å². The lowest BCUT2D eigenvalue weighted by Gasteiger charge is -2.10. The van der Waals surface area contributed by atoms with Crippen LogP contribution in [0, 0.1) is 0 Å². The molecule has 1 unspecified atom stereocenters. The third kappa shape index (κ3) is 3.33. The lowest BCUT2D eigenvalue weighted by molar-refractivity contribution is -0.149. The van der Waals surface area contributed by atoms with Crippen LogP contribution in [0.5, 0.6) is 0 Å². The van der Waals surface area contributed by atoms with E-state index in [1.54, 1.807) is 0 Å². The second kappa shape index (κ2) is 6.01. The molecule has 0 saturated carbocycles. The summed E-state index contributed by atoms with van der Waals surface area (Å²) in [6, 6.07) is 10.4. The number of carbonyl (C=O) groups excluding carboxylic acids is 1. The molecule has 0 amide bonds. The molecule has 0 bridgehead atoms. The normalized spacial score (nSPS) is 21.6. The Hall–Kier alpha value is -1.35. The molecule has 1 heterocycles. The summed E-state index contributed by atoms with van der Waals surface area (Å²) in [5, 5.41) is 0. The minimum absolute atomic E-state index is 0.190. The molecule has 0 N–H and O–H groups in total. The summed E-state index contributed by atoms with van der Waals surface area (Å²) in [5.41, 5.74) is 0.742. The van der Waals surface area contributed by atoms with Gasteiger partial charge in [-0.1, -0.05) is 30.3 Å². The van der Waals surface area contributed by atoms with E-state index in [0.29, 0.717) is 13.2 Å². The molecule has 1 aromatic carbocycles. The minimum Gasteiger partial charge on any atom is -0.464 e. The SMILES string of the molecule is CCOC(=O)C1(CCCCc2ccccc2)CO1. The summed E-state index contributed by atoms with van der Waals surface area (Å²) in [7, 11) is 0. The van der Waals surface area contributed by atoms with Crippen LogP contribution in [0.15, 0.2) is 30.3 Å². The number of aryl methyl sites for hydroxylation is 1. The van der Waals surface area contributed by atoms with Gasteiger partial charge in [-0.3, -0.25) is 0 Å². The fourth-order valence-electron chi connectivity index (χ4n) is 2.10. The molecule has 1 aliphatic heterocycles. The number of rotatable bonds is 7. The highest BCUT2D eigenvalue weighted by Gasteiger charge is 2.52. The molecular formula is C15H20O3. The van der Waals surface area contributed by atoms with Crippen LogP contribution in [-0.2, 0) is 20.7 Å². The monoisotopic (exact) mass is 248 g/mol. The van der Waals surface area contributed by atoms with Gasteiger partial charge in [0.05, 0.1) is 13.2 Å². The van der Waals surface area contributed by atoms with Gasteiger partial charge in [-0.25, -0.2) is 4.79 Å². The number of hydrogen-bond acceptors (Lipinski definition) is 3. The molecule has 0 radical (unpaired) electrons. The van der Waals surface area contributed by atoms with E-state index in [4.69, 9.17) is 9.47 Å². The van der Waals surface area contributed by atoms with Crippen molar-refractivity contribution >= 4 is 5.97 Å². The van der Waals surface area contributed by atoms with Crippen LogP contribution >= 0.6 is 0 Å². The number of epoxide rings is 1. The van der Waals surface area contributed by atoms with E-state index in [-0.39, 0.29) is 5.97 Å². The van der Waals surface area contributed by atoms with Crippen molar-refractivity contribution in [2.45, 2.75) is 38.2 Å². The first-order valence-corrected chi connectivity index (χ1v) is 6.62. The van der Waals surface area contributed by atoms with Crippen molar-refractivity contribution in [2.75, 3.05) is 13.2 Å². The van der Waals surface area contributed by atoms with E-state index in [0.717, 1.165) is 25.7 Å². The van der Waals surface area contributed by atoms with Gasteiger partial charge in [0.25, 0.3) is 0 Å². The molecule has 1 aromatic rings. The van der Waals surface area contributed by atoms with Crippen LogP contribution in [0.2, 0.25) is 0 Å². The van der Waals surface area contributed by atoms with Crippen LogP contribution in [0.3, 0.4) is 0 Å². The number of hydrogen-bond donors (Lipinski definition) is 0. The number of ether oxygens (including phenoxy) is 2. The van der Waals surface area contributed by atoms with E-state index < -0.39 is 5.60 Å². The summed E-state index contributed by atoms with van der Waals surface area (Å²) >= 11 is 0. The van der Waals surface area contributed by atoms with Gasteiger partial charge in [0.2, 0.25) is 0 Å². The number of unbranched alkanes of at least 4 members (excludes halogenated alkanes) is 1. The van der Waals surface area contributed by atoms with Gasteiger partial charge in [-0.15, -0.1) is 0 Å². The number of benzene rings is 1. The molecule has 1 fully saturated rings. The largest absolute Gasteiger partial charge is 0.464 e. The molecule has 98 valence electrons. The lowest BCUT2D eigenvalue weighted by Crippen LogP contribution is -2.27. The average molecular weight is 248 g/mol. The maximum Gasteiger partial charge on any atom is 0.340 e. The zero-order valence-electron chi connectivity index (χ0n) is 10.9. The Balaban J connectivity index is 1.68.